The SMILES string of the molecule is O=C(NO)C1(S(=O)c2ccc(-c3cnccn3)cc2)CCOCC1. The molecule has 0 bridgehead atoms. The molecule has 2 heterocycles. The number of benzene rings is 1. The van der Waals surface area contributed by atoms with Gasteiger partial charge in [-0.3, -0.25) is 24.2 Å². The first-order chi connectivity index (χ1) is 11.7. The molecule has 0 saturated carbocycles. The molecule has 1 aliphatic rings. The van der Waals surface area contributed by atoms with Gasteiger partial charge in [0.05, 0.1) is 22.7 Å². The van der Waals surface area contributed by atoms with E-state index in [4.69, 9.17) is 9.94 Å². The number of carbonyl (C=O) groups excluding carboxylic acids is 1. The molecular formula is C16H17N3O4S. The number of hydroxylamine groups is 1. The summed E-state index contributed by atoms with van der Waals surface area (Å²) in [5.41, 5.74) is 3.21. The smallest absolute Gasteiger partial charge is 0.262 e. The van der Waals surface area contributed by atoms with Crippen LogP contribution >= 0.6 is 0 Å². The zero-order valence-electron chi connectivity index (χ0n) is 12.8. The van der Waals surface area contributed by atoms with Gasteiger partial charge in [0.2, 0.25) is 0 Å². The van der Waals surface area contributed by atoms with E-state index in [2.05, 4.69) is 9.97 Å². The molecule has 1 aromatic heterocycles. The minimum absolute atomic E-state index is 0.290. The molecule has 7 nitrogen and oxygen atoms in total. The van der Waals surface area contributed by atoms with Gasteiger partial charge in [0.15, 0.2) is 0 Å². The van der Waals surface area contributed by atoms with Crippen LogP contribution in [0.1, 0.15) is 12.8 Å². The minimum atomic E-state index is -1.61. The Kier molecular flexibility index (Phi) is 4.98. The van der Waals surface area contributed by atoms with Crippen molar-refractivity contribution in [2.75, 3.05) is 13.2 Å². The van der Waals surface area contributed by atoms with Crippen LogP contribution in [0.2, 0.25) is 0 Å². The van der Waals surface area contributed by atoms with Crippen LogP contribution in [0.15, 0.2) is 47.8 Å². The summed E-state index contributed by atoms with van der Waals surface area (Å²) < 4.78 is 17.1. The average Bonchev–Trinajstić information content (AvgIpc) is 2.68. The molecule has 1 aromatic carbocycles. The van der Waals surface area contributed by atoms with E-state index in [0.717, 1.165) is 5.56 Å². The van der Waals surface area contributed by atoms with Gasteiger partial charge in [0.25, 0.3) is 5.91 Å². The Morgan fingerprint density at radius 1 is 1.21 bits per heavy atom. The predicted molar refractivity (Wildman–Crippen MR) is 86.6 cm³/mol. The zero-order valence-corrected chi connectivity index (χ0v) is 13.7. The lowest BCUT2D eigenvalue weighted by atomic mass is 9.98. The zero-order chi connectivity index (χ0) is 17.0. The first-order valence-corrected chi connectivity index (χ1v) is 8.63. The van der Waals surface area contributed by atoms with Crippen molar-refractivity contribution in [2.45, 2.75) is 22.5 Å². The highest BCUT2D eigenvalue weighted by atomic mass is 32.2. The van der Waals surface area contributed by atoms with Gasteiger partial charge < -0.3 is 4.74 Å². The van der Waals surface area contributed by atoms with Crippen LogP contribution in [-0.2, 0) is 20.3 Å². The second-order valence-electron chi connectivity index (χ2n) is 5.43. The number of amides is 1. The third-order valence-electron chi connectivity index (χ3n) is 4.10. The monoisotopic (exact) mass is 347 g/mol. The summed E-state index contributed by atoms with van der Waals surface area (Å²) in [6.45, 7) is 0.660. The highest BCUT2D eigenvalue weighted by Crippen LogP contribution is 2.32. The summed E-state index contributed by atoms with van der Waals surface area (Å²) in [5, 5.41) is 9.05. The predicted octanol–water partition coefficient (Wildman–Crippen LogP) is 1.31. The first-order valence-electron chi connectivity index (χ1n) is 7.48. The van der Waals surface area contributed by atoms with Crippen molar-refractivity contribution in [1.82, 2.24) is 15.4 Å². The summed E-state index contributed by atoms with van der Waals surface area (Å²) in [7, 11) is -1.61. The van der Waals surface area contributed by atoms with E-state index in [1.165, 1.54) is 0 Å². The molecule has 1 saturated heterocycles. The van der Waals surface area contributed by atoms with Crippen molar-refractivity contribution >= 4 is 16.7 Å². The molecule has 2 aromatic rings. The second kappa shape index (κ2) is 7.16. The second-order valence-corrected chi connectivity index (χ2v) is 7.22. The fourth-order valence-corrected chi connectivity index (χ4v) is 4.31. The molecule has 126 valence electrons. The molecule has 24 heavy (non-hydrogen) atoms. The molecule has 1 aliphatic heterocycles. The van der Waals surface area contributed by atoms with Crippen molar-refractivity contribution < 1.29 is 18.9 Å². The van der Waals surface area contributed by atoms with Crippen LogP contribution in [0.3, 0.4) is 0 Å². The lowest BCUT2D eigenvalue weighted by molar-refractivity contribution is -0.134. The van der Waals surface area contributed by atoms with E-state index in [0.29, 0.717) is 23.8 Å². The molecule has 2 N–H and O–H groups in total. The topological polar surface area (TPSA) is 101 Å². The first kappa shape index (κ1) is 16.7. The Hall–Kier alpha value is -2.16. The number of ether oxygens (including phenoxy) is 1. The van der Waals surface area contributed by atoms with Crippen LogP contribution in [0.25, 0.3) is 11.3 Å². The summed E-state index contributed by atoms with van der Waals surface area (Å²) in [4.78, 5) is 20.9. The van der Waals surface area contributed by atoms with Crippen LogP contribution in [0.4, 0.5) is 0 Å². The summed E-state index contributed by atoms with van der Waals surface area (Å²) in [6.07, 6.45) is 5.42. The lowest BCUT2D eigenvalue weighted by Gasteiger charge is -2.33. The molecule has 1 fully saturated rings. The Balaban J connectivity index is 1.89. The van der Waals surface area contributed by atoms with E-state index >= 15 is 0 Å². The van der Waals surface area contributed by atoms with Crippen LogP contribution < -0.4 is 5.48 Å². The molecule has 8 heteroatoms. The maximum Gasteiger partial charge on any atom is 0.262 e. The van der Waals surface area contributed by atoms with Crippen molar-refractivity contribution in [3.05, 3.63) is 42.9 Å². The molecule has 0 aliphatic carbocycles. The third kappa shape index (κ3) is 3.08. The molecular weight excluding hydrogens is 330 g/mol. The maximum atomic E-state index is 13.0. The van der Waals surface area contributed by atoms with E-state index in [9.17, 15) is 9.00 Å². The molecule has 3 rings (SSSR count). The van der Waals surface area contributed by atoms with Crippen LogP contribution in [0.5, 0.6) is 0 Å². The number of carbonyl (C=O) groups is 1. The normalized spacial score (nSPS) is 17.9. The minimum Gasteiger partial charge on any atom is -0.381 e. The number of nitrogens with one attached hydrogen (secondary N) is 1. The van der Waals surface area contributed by atoms with Crippen LogP contribution in [0, 0.1) is 0 Å². The van der Waals surface area contributed by atoms with Gasteiger partial charge in [0.1, 0.15) is 4.75 Å². The number of aromatic nitrogens is 2. The number of hydrogen-bond donors (Lipinski definition) is 2. The molecule has 0 radical (unpaired) electrons. The van der Waals surface area contributed by atoms with Gasteiger partial charge in [-0.05, 0) is 25.0 Å². The van der Waals surface area contributed by atoms with Gasteiger partial charge in [-0.1, -0.05) is 12.1 Å². The van der Waals surface area contributed by atoms with Gasteiger partial charge in [-0.25, -0.2) is 5.48 Å². The fraction of sp³-hybridized carbons (Fsp3) is 0.312. The summed E-state index contributed by atoms with van der Waals surface area (Å²) in [6, 6.07) is 7.01. The Morgan fingerprint density at radius 3 is 2.50 bits per heavy atom. The van der Waals surface area contributed by atoms with E-state index in [1.807, 2.05) is 0 Å². The number of nitrogens with zero attached hydrogens (tertiary/aromatic N) is 2. The Bertz CT molecular complexity index is 731. The van der Waals surface area contributed by atoms with Gasteiger partial charge in [0, 0.05) is 36.1 Å². The summed E-state index contributed by atoms with van der Waals surface area (Å²) >= 11 is 0. The number of rotatable bonds is 4. The molecule has 1 amide bonds. The van der Waals surface area contributed by atoms with Crippen molar-refractivity contribution in [3.63, 3.8) is 0 Å². The standard InChI is InChI=1S/C16H17N3O4S/c20-15(19-21)16(5-9-23-10-6-16)24(22)13-3-1-12(2-4-13)14-11-17-7-8-18-14/h1-4,7-8,11,21H,5-6,9-10H2,(H,19,20). The van der Waals surface area contributed by atoms with Gasteiger partial charge >= 0.3 is 0 Å². The summed E-state index contributed by atoms with van der Waals surface area (Å²) in [5.74, 6) is -0.637. The largest absolute Gasteiger partial charge is 0.381 e. The van der Waals surface area contributed by atoms with Crippen molar-refractivity contribution in [2.24, 2.45) is 0 Å². The van der Waals surface area contributed by atoms with Crippen molar-refractivity contribution in [3.8, 4) is 11.3 Å². The molecule has 0 spiro atoms. The van der Waals surface area contributed by atoms with Crippen molar-refractivity contribution in [1.29, 1.82) is 0 Å². The Morgan fingerprint density at radius 2 is 1.92 bits per heavy atom. The number of hydrogen-bond acceptors (Lipinski definition) is 6. The Labute approximate surface area is 141 Å². The van der Waals surface area contributed by atoms with E-state index in [1.54, 1.807) is 48.3 Å². The maximum absolute atomic E-state index is 13.0. The van der Waals surface area contributed by atoms with E-state index < -0.39 is 21.5 Å². The molecule has 1 unspecified atom stereocenters. The van der Waals surface area contributed by atoms with Crippen LogP contribution in [-0.4, -0.2) is 43.3 Å². The highest BCUT2D eigenvalue weighted by molar-refractivity contribution is 7.87. The molecule has 1 atom stereocenters. The quantitative estimate of drug-likeness (QED) is 0.639. The third-order valence-corrected chi connectivity index (χ3v) is 6.10. The van der Waals surface area contributed by atoms with Gasteiger partial charge in [-0.2, -0.15) is 0 Å². The average molecular weight is 347 g/mol. The fourth-order valence-electron chi connectivity index (χ4n) is 2.72. The van der Waals surface area contributed by atoms with E-state index in [-0.39, 0.29) is 12.8 Å². The highest BCUT2D eigenvalue weighted by Gasteiger charge is 2.46. The lowest BCUT2D eigenvalue weighted by Crippen LogP contribution is -2.52. The van der Waals surface area contributed by atoms with Gasteiger partial charge in [-0.15, -0.1) is 0 Å².